The van der Waals surface area contributed by atoms with E-state index in [0.717, 1.165) is 22.3 Å². The van der Waals surface area contributed by atoms with Crippen LogP contribution in [0.2, 0.25) is 0 Å². The van der Waals surface area contributed by atoms with Gasteiger partial charge in [-0.05, 0) is 17.7 Å². The van der Waals surface area contributed by atoms with E-state index in [4.69, 9.17) is 9.47 Å². The topological polar surface area (TPSA) is 36.3 Å². The van der Waals surface area contributed by atoms with Gasteiger partial charge < -0.3 is 9.47 Å². The summed E-state index contributed by atoms with van der Waals surface area (Å²) in [5.41, 5.74) is 2.95. The Morgan fingerprint density at radius 1 is 1.05 bits per heavy atom. The molecule has 0 N–H and O–H groups in total. The quantitative estimate of drug-likeness (QED) is 0.729. The van der Waals surface area contributed by atoms with Crippen molar-refractivity contribution in [1.29, 1.82) is 0 Å². The van der Waals surface area contributed by atoms with Crippen LogP contribution in [-0.2, 0) is 13.7 Å². The summed E-state index contributed by atoms with van der Waals surface area (Å²) >= 11 is 0. The number of benzene rings is 2. The van der Waals surface area contributed by atoms with Crippen LogP contribution in [0, 0.1) is 0 Å². The van der Waals surface area contributed by atoms with Crippen molar-refractivity contribution in [3.05, 3.63) is 54.1 Å². The average molecular weight is 268 g/mol. The molecule has 0 aliphatic rings. The van der Waals surface area contributed by atoms with Crippen LogP contribution in [0.5, 0.6) is 11.8 Å². The second-order valence-corrected chi connectivity index (χ2v) is 4.56. The number of para-hydroxylation sites is 1. The standard InChI is InChI=1S/C16H16N2O2/c1-18-13-9-6-10-14(15(13)17-16(18)19-2)20-11-12-7-4-3-5-8-12/h3-10H,11H2,1-2H3. The number of methoxy groups -OCH3 is 1. The normalized spacial score (nSPS) is 10.7. The van der Waals surface area contributed by atoms with E-state index in [0.29, 0.717) is 12.6 Å². The minimum atomic E-state index is 0.527. The van der Waals surface area contributed by atoms with E-state index in [1.165, 1.54) is 0 Å². The van der Waals surface area contributed by atoms with E-state index >= 15 is 0 Å². The summed E-state index contributed by atoms with van der Waals surface area (Å²) in [6, 6.07) is 16.6. The van der Waals surface area contributed by atoms with Crippen molar-refractivity contribution in [2.75, 3.05) is 7.11 Å². The number of rotatable bonds is 4. The molecule has 2 aromatic carbocycles. The van der Waals surface area contributed by atoms with Crippen LogP contribution in [0.1, 0.15) is 5.56 Å². The zero-order chi connectivity index (χ0) is 13.9. The van der Waals surface area contributed by atoms with Crippen LogP contribution in [0.25, 0.3) is 11.0 Å². The molecule has 0 aliphatic heterocycles. The fourth-order valence-electron chi connectivity index (χ4n) is 2.20. The summed E-state index contributed by atoms with van der Waals surface area (Å²) in [6.07, 6.45) is 0. The van der Waals surface area contributed by atoms with Gasteiger partial charge in [0.2, 0.25) is 0 Å². The second kappa shape index (κ2) is 5.25. The van der Waals surface area contributed by atoms with Crippen molar-refractivity contribution in [1.82, 2.24) is 9.55 Å². The third kappa shape index (κ3) is 2.20. The molecule has 3 rings (SSSR count). The van der Waals surface area contributed by atoms with Crippen molar-refractivity contribution in [3.8, 4) is 11.8 Å². The first kappa shape index (κ1) is 12.5. The Hall–Kier alpha value is -2.49. The zero-order valence-corrected chi connectivity index (χ0v) is 11.5. The molecule has 0 spiro atoms. The van der Waals surface area contributed by atoms with Crippen LogP contribution in [-0.4, -0.2) is 16.7 Å². The second-order valence-electron chi connectivity index (χ2n) is 4.56. The van der Waals surface area contributed by atoms with Crippen LogP contribution in [0.3, 0.4) is 0 Å². The zero-order valence-electron chi connectivity index (χ0n) is 11.5. The lowest BCUT2D eigenvalue weighted by atomic mass is 10.2. The van der Waals surface area contributed by atoms with Crippen molar-refractivity contribution >= 4 is 11.0 Å². The molecule has 1 heterocycles. The van der Waals surface area contributed by atoms with Gasteiger partial charge in [-0.2, -0.15) is 4.98 Å². The average Bonchev–Trinajstić information content (AvgIpc) is 2.83. The van der Waals surface area contributed by atoms with Crippen LogP contribution in [0.15, 0.2) is 48.5 Å². The number of hydrogen-bond donors (Lipinski definition) is 0. The molecule has 102 valence electrons. The summed E-state index contributed by atoms with van der Waals surface area (Å²) < 4.78 is 13.0. The Kier molecular flexibility index (Phi) is 3.29. The van der Waals surface area contributed by atoms with Crippen LogP contribution in [0.4, 0.5) is 0 Å². The Balaban J connectivity index is 1.92. The van der Waals surface area contributed by atoms with E-state index in [1.807, 2.05) is 60.1 Å². The van der Waals surface area contributed by atoms with Crippen molar-refractivity contribution in [2.24, 2.45) is 7.05 Å². The molecule has 4 heteroatoms. The summed E-state index contributed by atoms with van der Waals surface area (Å²) in [5, 5.41) is 0. The Morgan fingerprint density at radius 3 is 2.60 bits per heavy atom. The molecule has 0 amide bonds. The fourth-order valence-corrected chi connectivity index (χ4v) is 2.20. The Bertz CT molecular complexity index is 720. The number of ether oxygens (including phenoxy) is 2. The molecule has 0 radical (unpaired) electrons. The number of imidazole rings is 1. The first-order valence-corrected chi connectivity index (χ1v) is 6.46. The number of nitrogens with zero attached hydrogens (tertiary/aromatic N) is 2. The van der Waals surface area contributed by atoms with Gasteiger partial charge in [-0.15, -0.1) is 0 Å². The van der Waals surface area contributed by atoms with Gasteiger partial charge in [-0.3, -0.25) is 4.57 Å². The monoisotopic (exact) mass is 268 g/mol. The predicted molar refractivity (Wildman–Crippen MR) is 78.0 cm³/mol. The van der Waals surface area contributed by atoms with Gasteiger partial charge in [0, 0.05) is 7.05 Å². The van der Waals surface area contributed by atoms with Crippen molar-refractivity contribution in [2.45, 2.75) is 6.61 Å². The summed E-state index contributed by atoms with van der Waals surface area (Å²) in [5.74, 6) is 0.769. The maximum absolute atomic E-state index is 5.89. The first-order chi connectivity index (χ1) is 9.79. The lowest BCUT2D eigenvalue weighted by Crippen LogP contribution is -1.95. The van der Waals surface area contributed by atoms with Crippen molar-refractivity contribution in [3.63, 3.8) is 0 Å². The molecule has 0 atom stereocenters. The molecular weight excluding hydrogens is 252 g/mol. The predicted octanol–water partition coefficient (Wildman–Crippen LogP) is 3.16. The summed E-state index contributed by atoms with van der Waals surface area (Å²) in [7, 11) is 3.54. The fraction of sp³-hybridized carbons (Fsp3) is 0.188. The van der Waals surface area contributed by atoms with E-state index in [-0.39, 0.29) is 0 Å². The third-order valence-corrected chi connectivity index (χ3v) is 3.25. The number of hydrogen-bond acceptors (Lipinski definition) is 3. The minimum Gasteiger partial charge on any atom is -0.487 e. The highest BCUT2D eigenvalue weighted by Gasteiger charge is 2.12. The van der Waals surface area contributed by atoms with Gasteiger partial charge in [-0.25, -0.2) is 0 Å². The molecule has 3 aromatic rings. The van der Waals surface area contributed by atoms with Gasteiger partial charge in [0.15, 0.2) is 0 Å². The molecular formula is C16H16N2O2. The van der Waals surface area contributed by atoms with Crippen LogP contribution < -0.4 is 9.47 Å². The highest BCUT2D eigenvalue weighted by molar-refractivity contribution is 5.83. The molecule has 0 bridgehead atoms. The van der Waals surface area contributed by atoms with Gasteiger partial charge in [0.1, 0.15) is 17.9 Å². The van der Waals surface area contributed by atoms with Crippen molar-refractivity contribution < 1.29 is 9.47 Å². The summed E-state index contributed by atoms with van der Waals surface area (Å²) in [6.45, 7) is 0.527. The molecule has 4 nitrogen and oxygen atoms in total. The summed E-state index contributed by atoms with van der Waals surface area (Å²) in [4.78, 5) is 4.46. The van der Waals surface area contributed by atoms with Gasteiger partial charge in [0.25, 0.3) is 6.01 Å². The molecule has 1 aromatic heterocycles. The molecule has 20 heavy (non-hydrogen) atoms. The highest BCUT2D eigenvalue weighted by Crippen LogP contribution is 2.28. The van der Waals surface area contributed by atoms with E-state index in [1.54, 1.807) is 7.11 Å². The molecule has 0 unspecified atom stereocenters. The molecule has 0 aliphatic carbocycles. The maximum atomic E-state index is 5.89. The van der Waals surface area contributed by atoms with Gasteiger partial charge in [-0.1, -0.05) is 36.4 Å². The van der Waals surface area contributed by atoms with Gasteiger partial charge in [0.05, 0.1) is 12.6 Å². The number of aromatic nitrogens is 2. The Morgan fingerprint density at radius 2 is 1.85 bits per heavy atom. The third-order valence-electron chi connectivity index (χ3n) is 3.25. The van der Waals surface area contributed by atoms with Gasteiger partial charge >= 0.3 is 0 Å². The largest absolute Gasteiger partial charge is 0.487 e. The maximum Gasteiger partial charge on any atom is 0.296 e. The van der Waals surface area contributed by atoms with E-state index in [2.05, 4.69) is 4.98 Å². The molecule has 0 saturated heterocycles. The highest BCUT2D eigenvalue weighted by atomic mass is 16.5. The van der Waals surface area contributed by atoms with E-state index < -0.39 is 0 Å². The van der Waals surface area contributed by atoms with E-state index in [9.17, 15) is 0 Å². The number of aryl methyl sites for hydroxylation is 1. The lowest BCUT2D eigenvalue weighted by molar-refractivity contribution is 0.309. The van der Waals surface area contributed by atoms with Crippen LogP contribution >= 0.6 is 0 Å². The Labute approximate surface area is 117 Å². The molecule has 0 fully saturated rings. The first-order valence-electron chi connectivity index (χ1n) is 6.46. The lowest BCUT2D eigenvalue weighted by Gasteiger charge is -2.06. The minimum absolute atomic E-state index is 0.527. The number of fused-ring (bicyclic) bond motifs is 1. The molecule has 0 saturated carbocycles. The SMILES string of the molecule is COc1nc2c(OCc3ccccc3)cccc2n1C. The smallest absolute Gasteiger partial charge is 0.296 e.